The number of hydrogen-bond donors (Lipinski definition) is 1. The van der Waals surface area contributed by atoms with Gasteiger partial charge in [0.25, 0.3) is 0 Å². The average molecular weight is 360 g/mol. The molecule has 0 saturated heterocycles. The Bertz CT molecular complexity index is 509. The van der Waals surface area contributed by atoms with E-state index in [4.69, 9.17) is 0 Å². The van der Waals surface area contributed by atoms with Crippen molar-refractivity contribution in [3.63, 3.8) is 0 Å². The van der Waals surface area contributed by atoms with Gasteiger partial charge >= 0.3 is 0 Å². The van der Waals surface area contributed by atoms with Crippen molar-refractivity contribution in [1.82, 2.24) is 15.2 Å². The van der Waals surface area contributed by atoms with Gasteiger partial charge in [0.2, 0.25) is 0 Å². The zero-order valence-corrected chi connectivity index (χ0v) is 14.4. The van der Waals surface area contributed by atoms with Gasteiger partial charge in [-0.05, 0) is 36.0 Å². The van der Waals surface area contributed by atoms with Crippen LogP contribution in [0.2, 0.25) is 0 Å². The van der Waals surface area contributed by atoms with Gasteiger partial charge in [0.15, 0.2) is 0 Å². The predicted molar refractivity (Wildman–Crippen MR) is 86.9 cm³/mol. The van der Waals surface area contributed by atoms with Gasteiger partial charge < -0.3 is 5.32 Å². The molecule has 0 fully saturated rings. The van der Waals surface area contributed by atoms with E-state index in [0.29, 0.717) is 0 Å². The van der Waals surface area contributed by atoms with E-state index >= 15 is 0 Å². The van der Waals surface area contributed by atoms with Crippen molar-refractivity contribution in [2.75, 3.05) is 20.1 Å². The summed E-state index contributed by atoms with van der Waals surface area (Å²) < 4.78 is 1.17. The number of aryl methyl sites for hydroxylation is 1. The summed E-state index contributed by atoms with van der Waals surface area (Å²) in [4.78, 5) is 9.35. The van der Waals surface area contributed by atoms with E-state index < -0.39 is 0 Å². The smallest absolute Gasteiger partial charge is 0.0798 e. The minimum absolute atomic E-state index is 0.948. The molecule has 2 aromatic rings. The molecule has 19 heavy (non-hydrogen) atoms. The Balaban J connectivity index is 1.64. The van der Waals surface area contributed by atoms with E-state index in [1.54, 1.807) is 22.7 Å². The fraction of sp³-hybridized carbons (Fsp3) is 0.462. The average Bonchev–Trinajstić information content (AvgIpc) is 2.95. The van der Waals surface area contributed by atoms with Crippen molar-refractivity contribution in [2.45, 2.75) is 20.0 Å². The monoisotopic (exact) mass is 359 g/mol. The molecular weight excluding hydrogens is 342 g/mol. The van der Waals surface area contributed by atoms with Crippen molar-refractivity contribution < 1.29 is 0 Å². The standard InChI is InChI=1S/C13H18BrN3S2/c1-10-13(19-9-16-10)7-17(2)4-3-15-6-12-5-11(14)8-18-12/h5,8-9,15H,3-4,6-7H2,1-2H3. The molecule has 0 saturated carbocycles. The molecule has 0 unspecified atom stereocenters. The molecule has 2 aromatic heterocycles. The molecule has 0 amide bonds. The highest BCUT2D eigenvalue weighted by molar-refractivity contribution is 9.10. The third kappa shape index (κ3) is 4.96. The summed E-state index contributed by atoms with van der Waals surface area (Å²) in [6, 6.07) is 2.17. The van der Waals surface area contributed by atoms with Gasteiger partial charge in [-0.25, -0.2) is 4.98 Å². The number of halogens is 1. The van der Waals surface area contributed by atoms with Crippen LogP contribution < -0.4 is 5.32 Å². The van der Waals surface area contributed by atoms with Crippen LogP contribution in [0.3, 0.4) is 0 Å². The summed E-state index contributed by atoms with van der Waals surface area (Å²) in [6.07, 6.45) is 0. The number of nitrogens with one attached hydrogen (secondary N) is 1. The number of hydrogen-bond acceptors (Lipinski definition) is 5. The molecule has 6 heteroatoms. The first kappa shape index (κ1) is 15.1. The fourth-order valence-corrected chi connectivity index (χ4v) is 4.01. The number of nitrogens with zero attached hydrogens (tertiary/aromatic N) is 2. The number of thiazole rings is 1. The van der Waals surface area contributed by atoms with Crippen molar-refractivity contribution in [2.24, 2.45) is 0 Å². The van der Waals surface area contributed by atoms with Crippen LogP contribution in [0.1, 0.15) is 15.4 Å². The molecule has 0 bridgehead atoms. The van der Waals surface area contributed by atoms with Crippen LogP contribution in [0.25, 0.3) is 0 Å². The van der Waals surface area contributed by atoms with E-state index in [-0.39, 0.29) is 0 Å². The van der Waals surface area contributed by atoms with Gasteiger partial charge in [0.1, 0.15) is 0 Å². The number of rotatable bonds is 7. The summed E-state index contributed by atoms with van der Waals surface area (Å²) in [5, 5.41) is 5.60. The second-order valence-corrected chi connectivity index (χ2v) is 7.36. The van der Waals surface area contributed by atoms with E-state index in [1.165, 1.54) is 14.2 Å². The molecule has 3 nitrogen and oxygen atoms in total. The zero-order chi connectivity index (χ0) is 13.7. The van der Waals surface area contributed by atoms with Gasteiger partial charge in [-0.15, -0.1) is 22.7 Å². The van der Waals surface area contributed by atoms with Crippen LogP contribution in [0.15, 0.2) is 21.4 Å². The van der Waals surface area contributed by atoms with Gasteiger partial charge in [0.05, 0.1) is 11.2 Å². The van der Waals surface area contributed by atoms with Crippen LogP contribution in [-0.4, -0.2) is 30.0 Å². The molecular formula is C13H18BrN3S2. The van der Waals surface area contributed by atoms with E-state index in [2.05, 4.69) is 56.5 Å². The highest BCUT2D eigenvalue weighted by atomic mass is 79.9. The molecule has 1 N–H and O–H groups in total. The molecule has 0 aliphatic rings. The van der Waals surface area contributed by atoms with Crippen LogP contribution in [0, 0.1) is 6.92 Å². The van der Waals surface area contributed by atoms with Gasteiger partial charge in [-0.2, -0.15) is 0 Å². The lowest BCUT2D eigenvalue weighted by Crippen LogP contribution is -2.28. The Hall–Kier alpha value is -0.270. The highest BCUT2D eigenvalue weighted by Gasteiger charge is 2.05. The first-order chi connectivity index (χ1) is 9.15. The predicted octanol–water partition coefficient (Wildman–Crippen LogP) is 3.50. The van der Waals surface area contributed by atoms with Crippen LogP contribution in [-0.2, 0) is 13.1 Å². The van der Waals surface area contributed by atoms with Gasteiger partial charge in [-0.3, -0.25) is 4.90 Å². The molecule has 0 atom stereocenters. The summed E-state index contributed by atoms with van der Waals surface area (Å²) >= 11 is 7.00. The second-order valence-electron chi connectivity index (χ2n) is 4.51. The molecule has 0 spiro atoms. The quantitative estimate of drug-likeness (QED) is 0.766. The van der Waals surface area contributed by atoms with Crippen molar-refractivity contribution >= 4 is 38.6 Å². The van der Waals surface area contributed by atoms with Crippen LogP contribution >= 0.6 is 38.6 Å². The van der Waals surface area contributed by atoms with Crippen LogP contribution in [0.4, 0.5) is 0 Å². The highest BCUT2D eigenvalue weighted by Crippen LogP contribution is 2.19. The molecule has 2 heterocycles. The molecule has 0 radical (unpaired) electrons. The third-order valence-electron chi connectivity index (χ3n) is 2.85. The fourth-order valence-electron chi connectivity index (χ4n) is 1.73. The second kappa shape index (κ2) is 7.50. The maximum atomic E-state index is 4.28. The van der Waals surface area contributed by atoms with Crippen molar-refractivity contribution in [1.29, 1.82) is 0 Å². The molecule has 2 rings (SSSR count). The number of likely N-dealkylation sites (N-methyl/N-ethyl adjacent to an activating group) is 1. The Morgan fingerprint density at radius 1 is 1.42 bits per heavy atom. The van der Waals surface area contributed by atoms with E-state index in [9.17, 15) is 0 Å². The lowest BCUT2D eigenvalue weighted by Gasteiger charge is -2.16. The lowest BCUT2D eigenvalue weighted by molar-refractivity contribution is 0.326. The summed E-state index contributed by atoms with van der Waals surface area (Å²) in [7, 11) is 2.16. The molecule has 104 valence electrons. The first-order valence-electron chi connectivity index (χ1n) is 6.16. The lowest BCUT2D eigenvalue weighted by atomic mass is 10.3. The van der Waals surface area contributed by atoms with Gasteiger partial charge in [0, 0.05) is 45.8 Å². The van der Waals surface area contributed by atoms with Crippen molar-refractivity contribution in [3.8, 4) is 0 Å². The minimum atomic E-state index is 0.948. The zero-order valence-electron chi connectivity index (χ0n) is 11.1. The number of aromatic nitrogens is 1. The minimum Gasteiger partial charge on any atom is -0.311 e. The molecule has 0 aromatic carbocycles. The molecule has 0 aliphatic heterocycles. The Morgan fingerprint density at radius 2 is 2.26 bits per heavy atom. The SMILES string of the molecule is Cc1ncsc1CN(C)CCNCc1cc(Br)cs1. The maximum Gasteiger partial charge on any atom is 0.0798 e. The van der Waals surface area contributed by atoms with Crippen LogP contribution in [0.5, 0.6) is 0 Å². The Kier molecular flexibility index (Phi) is 5.97. The summed E-state index contributed by atoms with van der Waals surface area (Å²) in [5.74, 6) is 0. The summed E-state index contributed by atoms with van der Waals surface area (Å²) in [6.45, 7) is 6.06. The van der Waals surface area contributed by atoms with Crippen molar-refractivity contribution in [3.05, 3.63) is 36.9 Å². The first-order valence-corrected chi connectivity index (χ1v) is 8.71. The van der Waals surface area contributed by atoms with E-state index in [1.807, 2.05) is 5.51 Å². The molecule has 0 aliphatic carbocycles. The third-order valence-corrected chi connectivity index (χ3v) is 5.47. The Labute approximate surface area is 130 Å². The Morgan fingerprint density at radius 3 is 2.89 bits per heavy atom. The summed E-state index contributed by atoms with van der Waals surface area (Å²) in [5.41, 5.74) is 3.08. The van der Waals surface area contributed by atoms with E-state index in [0.717, 1.165) is 31.9 Å². The maximum absolute atomic E-state index is 4.28. The largest absolute Gasteiger partial charge is 0.311 e. The van der Waals surface area contributed by atoms with Gasteiger partial charge in [-0.1, -0.05) is 0 Å². The normalized spacial score (nSPS) is 11.4. The number of thiophene rings is 1. The topological polar surface area (TPSA) is 28.2 Å².